The topological polar surface area (TPSA) is 170 Å². The average Bonchev–Trinajstić information content (AvgIpc) is 2.99. The molecule has 0 saturated heterocycles. The summed E-state index contributed by atoms with van der Waals surface area (Å²) in [5.41, 5.74) is -2.52. The van der Waals surface area contributed by atoms with Crippen LogP contribution in [0.1, 0.15) is 22.3 Å². The van der Waals surface area contributed by atoms with Crippen LogP contribution in [0.15, 0.2) is 84.9 Å². The molecule has 4 amide bonds. The fourth-order valence-electron chi connectivity index (χ4n) is 3.64. The van der Waals surface area contributed by atoms with Gasteiger partial charge in [-0.3, -0.25) is 0 Å². The lowest BCUT2D eigenvalue weighted by Gasteiger charge is -2.14. The number of benzene rings is 4. The van der Waals surface area contributed by atoms with E-state index in [1.165, 1.54) is 48.5 Å². The van der Waals surface area contributed by atoms with Gasteiger partial charge in [-0.25, -0.2) is 9.59 Å². The monoisotopic (exact) mass is 642 g/mol. The van der Waals surface area contributed by atoms with E-state index in [2.05, 4.69) is 21.3 Å². The Morgan fingerprint density at radius 1 is 0.543 bits per heavy atom. The lowest BCUT2D eigenvalue weighted by atomic mass is 10.1. The Labute approximate surface area is 256 Å². The smallest absolute Gasteiger partial charge is 0.418 e. The Morgan fingerprint density at radius 2 is 0.870 bits per heavy atom. The van der Waals surface area contributed by atoms with Gasteiger partial charge in [0.25, 0.3) is 0 Å². The van der Waals surface area contributed by atoms with Gasteiger partial charge in [-0.15, -0.1) is 0 Å². The lowest BCUT2D eigenvalue weighted by Crippen LogP contribution is -2.21. The average molecular weight is 643 g/mol. The molecule has 236 valence electrons. The molecule has 0 fully saturated rings. The van der Waals surface area contributed by atoms with Gasteiger partial charge < -0.3 is 31.5 Å². The van der Waals surface area contributed by atoms with E-state index in [1.54, 1.807) is 12.1 Å². The van der Waals surface area contributed by atoms with Crippen LogP contribution in [0.2, 0.25) is 0 Å². The highest BCUT2D eigenvalue weighted by Gasteiger charge is 2.34. The minimum Gasteiger partial charge on any atom is -0.506 e. The largest absolute Gasteiger partial charge is 0.506 e. The molecule has 4 aromatic carbocycles. The van der Waals surface area contributed by atoms with Crippen LogP contribution < -0.4 is 21.3 Å². The van der Waals surface area contributed by atoms with E-state index in [0.29, 0.717) is 0 Å². The Hall–Kier alpha value is -6.42. The quantitative estimate of drug-likeness (QED) is 0.0978. The van der Waals surface area contributed by atoms with E-state index in [0.717, 1.165) is 36.4 Å². The fraction of sp³-hybridized carbons (Fsp3) is 0.0667. The number of carbonyl (C=O) groups is 2. The number of nitriles is 2. The predicted molar refractivity (Wildman–Crippen MR) is 154 cm³/mol. The van der Waals surface area contributed by atoms with Crippen molar-refractivity contribution in [3.05, 3.63) is 107 Å². The van der Waals surface area contributed by atoms with Crippen LogP contribution >= 0.6 is 0 Å². The van der Waals surface area contributed by atoms with Crippen LogP contribution in [0.25, 0.3) is 0 Å². The van der Waals surface area contributed by atoms with Gasteiger partial charge in [0, 0.05) is 0 Å². The number of hydrogen-bond donors (Lipinski definition) is 6. The normalized spacial score (nSPS) is 10.7. The molecule has 0 heterocycles. The minimum absolute atomic E-state index is 0.0361. The zero-order valence-electron chi connectivity index (χ0n) is 23.0. The summed E-state index contributed by atoms with van der Waals surface area (Å²) in [7, 11) is 0. The first kappa shape index (κ1) is 34.1. The van der Waals surface area contributed by atoms with Crippen molar-refractivity contribution >= 4 is 34.8 Å². The van der Waals surface area contributed by atoms with Crippen molar-refractivity contribution in [3.63, 3.8) is 0 Å². The Morgan fingerprint density at radius 3 is 1.17 bits per heavy atom. The van der Waals surface area contributed by atoms with Gasteiger partial charge in [-0.05, 0) is 60.7 Å². The molecule has 0 aliphatic heterocycles. The molecule has 0 bridgehead atoms. The number of aromatic hydroxyl groups is 2. The van der Waals surface area contributed by atoms with Crippen LogP contribution in [0.3, 0.4) is 0 Å². The van der Waals surface area contributed by atoms with Crippen LogP contribution in [-0.2, 0) is 12.4 Å². The number of para-hydroxylation sites is 2. The summed E-state index contributed by atoms with van der Waals surface area (Å²) in [6.45, 7) is 0. The highest BCUT2D eigenvalue weighted by molar-refractivity contribution is 6.02. The Bertz CT molecular complexity index is 1700. The molecule has 0 radical (unpaired) electrons. The molecular formula is C30H20F6N6O4. The molecule has 0 spiro atoms. The Balaban J connectivity index is 0.000000250. The zero-order valence-corrected chi connectivity index (χ0v) is 23.0. The second-order valence-corrected chi connectivity index (χ2v) is 8.93. The molecule has 6 N–H and O–H groups in total. The summed E-state index contributed by atoms with van der Waals surface area (Å²) in [5, 5.41) is 45.2. The minimum atomic E-state index is -4.61. The van der Waals surface area contributed by atoms with Crippen LogP contribution in [0.4, 0.5) is 58.7 Å². The number of hydrogen-bond acceptors (Lipinski definition) is 6. The number of phenols is 2. The van der Waals surface area contributed by atoms with Crippen LogP contribution in [0.5, 0.6) is 11.5 Å². The van der Waals surface area contributed by atoms with Gasteiger partial charge in [0.15, 0.2) is 0 Å². The van der Waals surface area contributed by atoms with Crippen LogP contribution in [-0.4, -0.2) is 22.3 Å². The van der Waals surface area contributed by atoms with E-state index in [9.17, 15) is 46.1 Å². The first-order chi connectivity index (χ1) is 21.6. The van der Waals surface area contributed by atoms with Crippen molar-refractivity contribution in [1.29, 1.82) is 10.5 Å². The second kappa shape index (κ2) is 14.4. The maximum atomic E-state index is 12.8. The van der Waals surface area contributed by atoms with Gasteiger partial charge in [-0.1, -0.05) is 24.3 Å². The SMILES string of the molecule is N#Cc1ccc(NC(=O)Nc2ccccc2C(F)(F)F)c(O)c1.N#Cc1ccc(NC(=O)Nc2ccccc2C(F)(F)F)c(O)c1. The highest BCUT2D eigenvalue weighted by atomic mass is 19.4. The molecule has 10 nitrogen and oxygen atoms in total. The lowest BCUT2D eigenvalue weighted by molar-refractivity contribution is -0.137. The molecule has 0 saturated carbocycles. The molecule has 4 aromatic rings. The third-order valence-corrected chi connectivity index (χ3v) is 5.71. The van der Waals surface area contributed by atoms with Gasteiger partial charge >= 0.3 is 24.4 Å². The zero-order chi connectivity index (χ0) is 34.1. The highest BCUT2D eigenvalue weighted by Crippen LogP contribution is 2.36. The molecule has 16 heteroatoms. The second-order valence-electron chi connectivity index (χ2n) is 8.93. The number of amides is 4. The summed E-state index contributed by atoms with van der Waals surface area (Å²) in [6, 6.07) is 18.2. The number of rotatable bonds is 4. The number of phenolic OH excluding ortho intramolecular Hbond substituents is 2. The summed E-state index contributed by atoms with van der Waals surface area (Å²) in [5.74, 6) is -0.744. The molecular weight excluding hydrogens is 622 g/mol. The van der Waals surface area contributed by atoms with Crippen LogP contribution in [0, 0.1) is 22.7 Å². The van der Waals surface area contributed by atoms with E-state index in [1.807, 2.05) is 0 Å². The van der Waals surface area contributed by atoms with Gasteiger partial charge in [0.1, 0.15) is 11.5 Å². The number of carbonyl (C=O) groups excluding carboxylic acids is 2. The van der Waals surface area contributed by atoms with Crippen molar-refractivity contribution in [3.8, 4) is 23.6 Å². The number of anilines is 4. The first-order valence-corrected chi connectivity index (χ1v) is 12.6. The number of urea groups is 2. The predicted octanol–water partition coefficient (Wildman–Crippen LogP) is 7.85. The maximum Gasteiger partial charge on any atom is 0.418 e. The molecule has 0 aromatic heterocycles. The number of halogens is 6. The van der Waals surface area contributed by atoms with E-state index in [-0.39, 0.29) is 34.0 Å². The van der Waals surface area contributed by atoms with Crippen molar-refractivity contribution in [1.82, 2.24) is 0 Å². The third kappa shape index (κ3) is 9.29. The van der Waals surface area contributed by atoms with Crippen molar-refractivity contribution in [2.75, 3.05) is 21.3 Å². The number of alkyl halides is 6. The first-order valence-electron chi connectivity index (χ1n) is 12.6. The van der Waals surface area contributed by atoms with Crippen molar-refractivity contribution in [2.24, 2.45) is 0 Å². The van der Waals surface area contributed by atoms with Gasteiger partial charge in [-0.2, -0.15) is 36.9 Å². The summed E-state index contributed by atoms with van der Waals surface area (Å²) >= 11 is 0. The number of nitrogens with zero attached hydrogens (tertiary/aromatic N) is 2. The molecule has 0 aliphatic carbocycles. The van der Waals surface area contributed by atoms with E-state index in [4.69, 9.17) is 10.5 Å². The van der Waals surface area contributed by atoms with E-state index < -0.39 is 46.9 Å². The standard InChI is InChI=1S/2C15H10F3N3O2/c2*16-15(17,18)10-3-1-2-4-11(10)20-14(23)21-12-6-5-9(8-19)7-13(12)22/h2*1-7,22H,(H2,20,21,23). The molecule has 0 atom stereocenters. The summed E-state index contributed by atoms with van der Waals surface area (Å²) in [4.78, 5) is 23.6. The van der Waals surface area contributed by atoms with Gasteiger partial charge in [0.05, 0.1) is 57.1 Å². The summed E-state index contributed by atoms with van der Waals surface area (Å²) < 4.78 is 77.0. The molecule has 4 rings (SSSR count). The molecule has 46 heavy (non-hydrogen) atoms. The maximum absolute atomic E-state index is 12.8. The third-order valence-electron chi connectivity index (χ3n) is 5.71. The fourth-order valence-corrected chi connectivity index (χ4v) is 3.64. The van der Waals surface area contributed by atoms with E-state index >= 15 is 0 Å². The number of nitrogens with one attached hydrogen (secondary N) is 4. The molecule has 0 unspecified atom stereocenters. The Kier molecular flexibility index (Phi) is 10.6. The van der Waals surface area contributed by atoms with Crippen molar-refractivity contribution in [2.45, 2.75) is 12.4 Å². The summed E-state index contributed by atoms with van der Waals surface area (Å²) in [6.07, 6.45) is -9.22. The molecule has 0 aliphatic rings. The van der Waals surface area contributed by atoms with Gasteiger partial charge in [0.2, 0.25) is 0 Å². The van der Waals surface area contributed by atoms with Crippen molar-refractivity contribution < 1.29 is 46.1 Å².